The molecule has 35 heavy (non-hydrogen) atoms. The topological polar surface area (TPSA) is 70.7 Å². The molecule has 0 saturated carbocycles. The maximum atomic E-state index is 5.54. The Bertz CT molecular complexity index is 1540. The molecule has 7 nitrogen and oxygen atoms in total. The van der Waals surface area contributed by atoms with Gasteiger partial charge >= 0.3 is 0 Å². The normalized spacial score (nSPS) is 15.5. The van der Waals surface area contributed by atoms with E-state index < -0.39 is 0 Å². The van der Waals surface area contributed by atoms with Gasteiger partial charge in [0, 0.05) is 18.7 Å². The van der Waals surface area contributed by atoms with Crippen molar-refractivity contribution >= 4 is 22.9 Å². The molecule has 1 atom stereocenters. The van der Waals surface area contributed by atoms with Gasteiger partial charge in [0.15, 0.2) is 5.82 Å². The van der Waals surface area contributed by atoms with Crippen molar-refractivity contribution in [2.45, 2.75) is 32.2 Å². The fraction of sp³-hybridized carbons (Fsp3) is 0.214. The number of nitrogens with zero attached hydrogens (tertiary/aromatic N) is 6. The van der Waals surface area contributed by atoms with E-state index >= 15 is 0 Å². The molecule has 0 bridgehead atoms. The van der Waals surface area contributed by atoms with Crippen molar-refractivity contribution in [3.05, 3.63) is 95.7 Å². The first-order chi connectivity index (χ1) is 17.2. The Kier molecular flexibility index (Phi) is 5.37. The second-order valence-electron chi connectivity index (χ2n) is 8.83. The lowest BCUT2D eigenvalue weighted by atomic mass is 9.88. The fourth-order valence-corrected chi connectivity index (χ4v) is 4.89. The van der Waals surface area contributed by atoms with Crippen LogP contribution in [0.2, 0.25) is 0 Å². The zero-order chi connectivity index (χ0) is 23.8. The number of methoxy groups -OCH3 is 1. The van der Waals surface area contributed by atoms with Gasteiger partial charge in [-0.25, -0.2) is 19.6 Å². The standard InChI is InChI=1S/C28H26N6O/c1-19-17-33(18-29-19)25-14-12-21(30-28(25)35-2)13-15-26-31-27-24(11-6-16-34(27)32-26)23-10-5-8-20-7-3-4-9-22(20)23/h3-5,7-10,12-15,17-18,24H,6,11,16H2,1-2H3/t24-/m1/s1. The lowest BCUT2D eigenvalue weighted by molar-refractivity contribution is 0.395. The number of pyridine rings is 1. The quantitative estimate of drug-likeness (QED) is 0.349. The van der Waals surface area contributed by atoms with Crippen LogP contribution in [-0.4, -0.2) is 36.4 Å². The second kappa shape index (κ2) is 8.83. The summed E-state index contributed by atoms with van der Waals surface area (Å²) in [6.07, 6.45) is 9.72. The number of rotatable bonds is 5. The fourth-order valence-electron chi connectivity index (χ4n) is 4.89. The van der Waals surface area contributed by atoms with Crippen molar-refractivity contribution in [1.82, 2.24) is 29.3 Å². The molecule has 5 aromatic rings. The van der Waals surface area contributed by atoms with Crippen molar-refractivity contribution in [2.75, 3.05) is 7.11 Å². The number of aromatic nitrogens is 6. The van der Waals surface area contributed by atoms with E-state index in [0.717, 1.165) is 42.3 Å². The molecule has 0 amide bonds. The molecule has 4 heterocycles. The maximum absolute atomic E-state index is 5.54. The summed E-state index contributed by atoms with van der Waals surface area (Å²) in [7, 11) is 1.63. The van der Waals surface area contributed by atoms with Gasteiger partial charge in [0.2, 0.25) is 5.88 Å². The van der Waals surface area contributed by atoms with Crippen LogP contribution in [0.3, 0.4) is 0 Å². The highest BCUT2D eigenvalue weighted by Gasteiger charge is 2.26. The molecule has 3 aromatic heterocycles. The summed E-state index contributed by atoms with van der Waals surface area (Å²) in [5.74, 6) is 2.50. The first kappa shape index (κ1) is 21.3. The zero-order valence-corrected chi connectivity index (χ0v) is 19.8. The zero-order valence-electron chi connectivity index (χ0n) is 19.8. The Morgan fingerprint density at radius 2 is 1.89 bits per heavy atom. The second-order valence-corrected chi connectivity index (χ2v) is 8.83. The molecular formula is C28H26N6O. The highest BCUT2D eigenvalue weighted by Crippen LogP contribution is 2.36. The van der Waals surface area contributed by atoms with Crippen molar-refractivity contribution in [1.29, 1.82) is 0 Å². The summed E-state index contributed by atoms with van der Waals surface area (Å²) in [4.78, 5) is 13.9. The molecular weight excluding hydrogens is 436 g/mol. The van der Waals surface area contributed by atoms with Gasteiger partial charge in [-0.3, -0.25) is 0 Å². The Balaban J connectivity index is 1.30. The molecule has 2 aromatic carbocycles. The molecule has 0 fully saturated rings. The van der Waals surface area contributed by atoms with Crippen LogP contribution in [0.5, 0.6) is 5.88 Å². The van der Waals surface area contributed by atoms with Crippen molar-refractivity contribution in [3.63, 3.8) is 0 Å². The Hall–Kier alpha value is -4.26. The van der Waals surface area contributed by atoms with Gasteiger partial charge in [0.05, 0.1) is 24.8 Å². The predicted molar refractivity (Wildman–Crippen MR) is 137 cm³/mol. The Labute approximate surface area is 203 Å². The molecule has 1 aliphatic heterocycles. The van der Waals surface area contributed by atoms with Crippen LogP contribution < -0.4 is 4.74 Å². The van der Waals surface area contributed by atoms with E-state index in [1.807, 2.05) is 42.0 Å². The van der Waals surface area contributed by atoms with Crippen molar-refractivity contribution < 1.29 is 4.74 Å². The van der Waals surface area contributed by atoms with Gasteiger partial charge in [-0.15, -0.1) is 0 Å². The van der Waals surface area contributed by atoms with Gasteiger partial charge in [-0.05, 0) is 60.4 Å². The predicted octanol–water partition coefficient (Wildman–Crippen LogP) is 5.43. The summed E-state index contributed by atoms with van der Waals surface area (Å²) in [6, 6.07) is 19.0. The molecule has 0 saturated heterocycles. The number of ether oxygens (including phenoxy) is 1. The lowest BCUT2D eigenvalue weighted by Gasteiger charge is -2.23. The van der Waals surface area contributed by atoms with E-state index in [1.165, 1.54) is 16.3 Å². The van der Waals surface area contributed by atoms with E-state index in [-0.39, 0.29) is 5.92 Å². The minimum absolute atomic E-state index is 0.237. The van der Waals surface area contributed by atoms with Gasteiger partial charge < -0.3 is 9.30 Å². The molecule has 0 radical (unpaired) electrons. The number of benzene rings is 2. The molecule has 0 unspecified atom stereocenters. The van der Waals surface area contributed by atoms with Gasteiger partial charge in [0.25, 0.3) is 0 Å². The van der Waals surface area contributed by atoms with Crippen LogP contribution in [-0.2, 0) is 6.54 Å². The van der Waals surface area contributed by atoms with Crippen LogP contribution in [0.15, 0.2) is 67.1 Å². The average molecular weight is 463 g/mol. The third kappa shape index (κ3) is 3.99. The van der Waals surface area contributed by atoms with Gasteiger partial charge in [0.1, 0.15) is 11.5 Å². The molecule has 7 heteroatoms. The van der Waals surface area contributed by atoms with E-state index in [2.05, 4.69) is 57.1 Å². The first-order valence-corrected chi connectivity index (χ1v) is 11.9. The van der Waals surface area contributed by atoms with Crippen LogP contribution >= 0.6 is 0 Å². The van der Waals surface area contributed by atoms with Crippen molar-refractivity contribution in [3.8, 4) is 11.6 Å². The van der Waals surface area contributed by atoms with Gasteiger partial charge in [-0.2, -0.15) is 5.10 Å². The van der Waals surface area contributed by atoms with Crippen LogP contribution in [0.25, 0.3) is 28.6 Å². The number of hydrogen-bond acceptors (Lipinski definition) is 5. The Morgan fingerprint density at radius 3 is 2.74 bits per heavy atom. The van der Waals surface area contributed by atoms with E-state index in [1.54, 1.807) is 13.4 Å². The number of hydrogen-bond donors (Lipinski definition) is 0. The average Bonchev–Trinajstić information content (AvgIpc) is 3.52. The van der Waals surface area contributed by atoms with E-state index in [0.29, 0.717) is 11.7 Å². The van der Waals surface area contributed by atoms with Crippen molar-refractivity contribution in [2.24, 2.45) is 0 Å². The number of aryl methyl sites for hydroxylation is 2. The molecule has 0 aliphatic carbocycles. The summed E-state index contributed by atoms with van der Waals surface area (Å²) >= 11 is 0. The van der Waals surface area contributed by atoms with E-state index in [4.69, 9.17) is 14.8 Å². The summed E-state index contributed by atoms with van der Waals surface area (Å²) in [5.41, 5.74) is 3.89. The van der Waals surface area contributed by atoms with Gasteiger partial charge in [-0.1, -0.05) is 42.5 Å². The maximum Gasteiger partial charge on any atom is 0.238 e. The lowest BCUT2D eigenvalue weighted by Crippen LogP contribution is -2.18. The molecule has 174 valence electrons. The summed E-state index contributed by atoms with van der Waals surface area (Å²) in [6.45, 7) is 2.85. The van der Waals surface area contributed by atoms with Crippen LogP contribution in [0.4, 0.5) is 0 Å². The van der Waals surface area contributed by atoms with Crippen LogP contribution in [0.1, 0.15) is 47.4 Å². The van der Waals surface area contributed by atoms with E-state index in [9.17, 15) is 0 Å². The first-order valence-electron chi connectivity index (χ1n) is 11.9. The minimum atomic E-state index is 0.237. The molecule has 0 spiro atoms. The number of fused-ring (bicyclic) bond motifs is 2. The molecule has 1 aliphatic rings. The number of imidazole rings is 1. The minimum Gasteiger partial charge on any atom is -0.479 e. The monoisotopic (exact) mass is 462 g/mol. The summed E-state index contributed by atoms with van der Waals surface area (Å²) < 4.78 is 9.51. The SMILES string of the molecule is COc1nc(C=Cc2nc3n(n2)CCC[C@@H]3c2cccc3ccccc23)ccc1-n1cnc(C)c1. The summed E-state index contributed by atoms with van der Waals surface area (Å²) in [5, 5.41) is 7.33. The smallest absolute Gasteiger partial charge is 0.238 e. The third-order valence-electron chi connectivity index (χ3n) is 6.54. The third-order valence-corrected chi connectivity index (χ3v) is 6.54. The van der Waals surface area contributed by atoms with Crippen LogP contribution in [0, 0.1) is 6.92 Å². The highest BCUT2D eigenvalue weighted by molar-refractivity contribution is 5.86. The molecule has 6 rings (SSSR count). The molecule has 0 N–H and O–H groups in total. The highest BCUT2D eigenvalue weighted by atomic mass is 16.5. The Morgan fingerprint density at radius 1 is 1.00 bits per heavy atom. The largest absolute Gasteiger partial charge is 0.479 e.